The molecule has 28 heavy (non-hydrogen) atoms. The minimum Gasteiger partial charge on any atom is -0.442 e. The van der Waals surface area contributed by atoms with Crippen molar-refractivity contribution in [3.05, 3.63) is 24.0 Å². The first kappa shape index (κ1) is 19.1. The molecule has 11 heteroatoms. The average molecular weight is 388 g/mol. The molecule has 2 aliphatic heterocycles. The summed E-state index contributed by atoms with van der Waals surface area (Å²) in [6.07, 6.45) is 0.432. The lowest BCUT2D eigenvalue weighted by atomic mass is 10.2. The zero-order valence-electron chi connectivity index (χ0n) is 14.7. The van der Waals surface area contributed by atoms with Crippen molar-refractivity contribution < 1.29 is 23.5 Å². The van der Waals surface area contributed by atoms with Gasteiger partial charge in [0, 0.05) is 6.54 Å². The first-order valence-corrected chi connectivity index (χ1v) is 8.46. The van der Waals surface area contributed by atoms with Crippen LogP contribution in [0.1, 0.15) is 6.42 Å². The number of anilines is 2. The molecule has 2 aliphatic rings. The van der Waals surface area contributed by atoms with Crippen LogP contribution in [0.5, 0.6) is 0 Å². The number of halogens is 1. The van der Waals surface area contributed by atoms with Gasteiger partial charge in [-0.3, -0.25) is 14.5 Å². The predicted octanol–water partition coefficient (Wildman–Crippen LogP) is 0.402. The Balaban J connectivity index is 1.65. The van der Waals surface area contributed by atoms with Crippen molar-refractivity contribution >= 4 is 36.1 Å². The van der Waals surface area contributed by atoms with Crippen molar-refractivity contribution in [1.82, 2.24) is 10.3 Å². The third kappa shape index (κ3) is 4.17. The minimum absolute atomic E-state index is 0.0702. The van der Waals surface area contributed by atoms with Crippen molar-refractivity contribution in [2.45, 2.75) is 12.5 Å². The number of nitrogens with one attached hydrogen (secondary N) is 1. The summed E-state index contributed by atoms with van der Waals surface area (Å²) < 4.78 is 19.7. The van der Waals surface area contributed by atoms with Gasteiger partial charge in [-0.2, -0.15) is 10.4 Å². The van der Waals surface area contributed by atoms with Crippen LogP contribution in [0.2, 0.25) is 0 Å². The molecule has 1 saturated heterocycles. The van der Waals surface area contributed by atoms with Crippen LogP contribution in [0.15, 0.2) is 23.3 Å². The summed E-state index contributed by atoms with van der Waals surface area (Å²) in [5.41, 5.74) is 0.589. The van der Waals surface area contributed by atoms with E-state index in [0.29, 0.717) is 25.2 Å². The Morgan fingerprint density at radius 2 is 2.29 bits per heavy atom. The largest absolute Gasteiger partial charge is 0.442 e. The van der Waals surface area contributed by atoms with Crippen LogP contribution >= 0.6 is 0 Å². The van der Waals surface area contributed by atoms with Crippen LogP contribution in [0, 0.1) is 17.1 Å². The number of hydrogen-bond acceptors (Lipinski definition) is 7. The lowest BCUT2D eigenvalue weighted by molar-refractivity contribution is -0.120. The topological polar surface area (TPSA) is 118 Å². The number of nitriles is 1. The van der Waals surface area contributed by atoms with Gasteiger partial charge < -0.3 is 15.0 Å². The highest BCUT2D eigenvalue weighted by Gasteiger charge is 2.33. The maximum absolute atomic E-state index is 14.6. The molecular formula is C17H17FN6O4. The molecule has 2 heterocycles. The number of carbonyl (C=O) groups excluding carboxylic acids is 3. The van der Waals surface area contributed by atoms with Gasteiger partial charge in [-0.1, -0.05) is 0 Å². The van der Waals surface area contributed by atoms with Gasteiger partial charge in [-0.25, -0.2) is 14.2 Å². The average Bonchev–Trinajstić information content (AvgIpc) is 3.07. The highest BCUT2D eigenvalue weighted by atomic mass is 19.1. The van der Waals surface area contributed by atoms with E-state index in [9.17, 15) is 18.8 Å². The Bertz CT molecular complexity index is 855. The van der Waals surface area contributed by atoms with E-state index >= 15 is 0 Å². The van der Waals surface area contributed by atoms with Crippen molar-refractivity contribution in [3.8, 4) is 6.07 Å². The standard InChI is InChI=1S/C17H17FN6O4/c18-14-7-12(1-2-15(14)22-5-6-23(11-25)21-10-22)24-9-13(28-17(24)27)8-20-16(26)3-4-19/h1-2,7,10-11,13H,3,5-6,8-9H2,(H,20,26). The molecule has 1 atom stereocenters. The van der Waals surface area contributed by atoms with Crippen LogP contribution in [-0.2, 0) is 14.3 Å². The number of cyclic esters (lactones) is 1. The van der Waals surface area contributed by atoms with Gasteiger partial charge in [0.15, 0.2) is 0 Å². The van der Waals surface area contributed by atoms with Gasteiger partial charge in [0.05, 0.1) is 37.1 Å². The van der Waals surface area contributed by atoms with Crippen LogP contribution in [0.25, 0.3) is 0 Å². The Labute approximate surface area is 159 Å². The molecule has 0 spiro atoms. The molecule has 0 aliphatic carbocycles. The fourth-order valence-electron chi connectivity index (χ4n) is 2.81. The third-order valence-corrected chi connectivity index (χ3v) is 4.22. The number of benzene rings is 1. The summed E-state index contributed by atoms with van der Waals surface area (Å²) in [5, 5.41) is 16.0. The number of rotatable bonds is 6. The number of nitrogens with zero attached hydrogens (tertiary/aromatic N) is 5. The predicted molar refractivity (Wildman–Crippen MR) is 95.9 cm³/mol. The van der Waals surface area contributed by atoms with E-state index in [1.165, 1.54) is 28.4 Å². The summed E-state index contributed by atoms with van der Waals surface area (Å²) in [4.78, 5) is 36.9. The maximum Gasteiger partial charge on any atom is 0.414 e. The molecule has 0 aromatic heterocycles. The molecule has 0 radical (unpaired) electrons. The van der Waals surface area contributed by atoms with Crippen LogP contribution in [-0.4, -0.2) is 62.0 Å². The van der Waals surface area contributed by atoms with Crippen molar-refractivity contribution in [1.29, 1.82) is 5.26 Å². The fourth-order valence-corrected chi connectivity index (χ4v) is 2.81. The molecule has 3 amide bonds. The van der Waals surface area contributed by atoms with E-state index in [1.54, 1.807) is 17.0 Å². The molecule has 0 bridgehead atoms. The monoisotopic (exact) mass is 388 g/mol. The van der Waals surface area contributed by atoms with Crippen LogP contribution < -0.4 is 15.1 Å². The molecular weight excluding hydrogens is 371 g/mol. The second-order valence-electron chi connectivity index (χ2n) is 6.08. The highest BCUT2D eigenvalue weighted by Crippen LogP contribution is 2.28. The number of amides is 3. The van der Waals surface area contributed by atoms with Crippen molar-refractivity contribution in [2.24, 2.45) is 5.10 Å². The van der Waals surface area contributed by atoms with Gasteiger partial charge in [-0.05, 0) is 18.2 Å². The van der Waals surface area contributed by atoms with E-state index in [1.807, 2.05) is 0 Å². The molecule has 10 nitrogen and oxygen atoms in total. The van der Waals surface area contributed by atoms with Gasteiger partial charge in [-0.15, -0.1) is 0 Å². The quantitative estimate of drug-likeness (QED) is 0.705. The SMILES string of the molecule is N#CCC(=O)NCC1CN(c2ccc(N3C=NN(C=O)CC3)c(F)c2)C(=O)O1. The Kier molecular flexibility index (Phi) is 5.69. The molecule has 0 saturated carbocycles. The zero-order chi connectivity index (χ0) is 20.1. The van der Waals surface area contributed by atoms with Gasteiger partial charge in [0.1, 0.15) is 24.7 Å². The van der Waals surface area contributed by atoms with E-state index in [2.05, 4.69) is 10.4 Å². The fraction of sp³-hybridized carbons (Fsp3) is 0.353. The molecule has 3 rings (SSSR count). The van der Waals surface area contributed by atoms with E-state index in [-0.39, 0.29) is 25.2 Å². The summed E-state index contributed by atoms with van der Waals surface area (Å²) in [6, 6.07) is 6.04. The van der Waals surface area contributed by atoms with E-state index < -0.39 is 23.9 Å². The lowest BCUT2D eigenvalue weighted by Gasteiger charge is -2.27. The Hall–Kier alpha value is -3.68. The van der Waals surface area contributed by atoms with E-state index in [0.717, 1.165) is 0 Å². The van der Waals surface area contributed by atoms with Gasteiger partial charge in [0.2, 0.25) is 12.3 Å². The maximum atomic E-state index is 14.6. The molecule has 1 N–H and O–H groups in total. The molecule has 1 aromatic carbocycles. The highest BCUT2D eigenvalue weighted by molar-refractivity contribution is 5.90. The summed E-state index contributed by atoms with van der Waals surface area (Å²) >= 11 is 0. The molecule has 1 fully saturated rings. The Morgan fingerprint density at radius 1 is 1.46 bits per heavy atom. The Morgan fingerprint density at radius 3 is 2.93 bits per heavy atom. The van der Waals surface area contributed by atoms with E-state index in [4.69, 9.17) is 10.00 Å². The normalized spacial score (nSPS) is 18.6. The first-order chi connectivity index (χ1) is 13.5. The van der Waals surface area contributed by atoms with Crippen molar-refractivity contribution in [2.75, 3.05) is 36.0 Å². The third-order valence-electron chi connectivity index (χ3n) is 4.22. The second kappa shape index (κ2) is 8.34. The van der Waals surface area contributed by atoms with Gasteiger partial charge in [0.25, 0.3) is 0 Å². The number of carbonyl (C=O) groups is 3. The zero-order valence-corrected chi connectivity index (χ0v) is 14.7. The lowest BCUT2D eigenvalue weighted by Crippen LogP contribution is -2.37. The number of hydrogen-bond donors (Lipinski definition) is 1. The van der Waals surface area contributed by atoms with Gasteiger partial charge >= 0.3 is 6.09 Å². The molecule has 146 valence electrons. The minimum atomic E-state index is -0.646. The summed E-state index contributed by atoms with van der Waals surface area (Å²) in [6.45, 7) is 0.929. The smallest absolute Gasteiger partial charge is 0.414 e. The van der Waals surface area contributed by atoms with Crippen molar-refractivity contribution in [3.63, 3.8) is 0 Å². The molecule has 1 unspecified atom stereocenters. The number of ether oxygens (including phenoxy) is 1. The first-order valence-electron chi connectivity index (χ1n) is 8.46. The second-order valence-corrected chi connectivity index (χ2v) is 6.08. The summed E-state index contributed by atoms with van der Waals surface area (Å²) in [5.74, 6) is -1.01. The summed E-state index contributed by atoms with van der Waals surface area (Å²) in [7, 11) is 0. The molecule has 1 aromatic rings. The van der Waals surface area contributed by atoms with Crippen LogP contribution in [0.3, 0.4) is 0 Å². The van der Waals surface area contributed by atoms with Crippen LogP contribution in [0.4, 0.5) is 20.6 Å². The number of hydrazone groups is 1.